The van der Waals surface area contributed by atoms with Gasteiger partial charge in [-0.15, -0.1) is 0 Å². The first kappa shape index (κ1) is 57.8. The molecule has 0 atom stereocenters. The van der Waals surface area contributed by atoms with Crippen molar-refractivity contribution < 1.29 is 0 Å². The minimum atomic E-state index is 0.242. The molecule has 13 aromatic carbocycles. The van der Waals surface area contributed by atoms with Gasteiger partial charge in [0.2, 0.25) is 0 Å². The Morgan fingerprint density at radius 1 is 0.245 bits per heavy atom. The van der Waals surface area contributed by atoms with Crippen LogP contribution in [0.15, 0.2) is 291 Å². The summed E-state index contributed by atoms with van der Waals surface area (Å²) in [6, 6.07) is 112. The Hall–Kier alpha value is -10.9. The highest BCUT2D eigenvalue weighted by molar-refractivity contribution is 6.32. The van der Waals surface area contributed by atoms with Gasteiger partial charge in [-0.05, 0) is 253 Å². The van der Waals surface area contributed by atoms with E-state index in [9.17, 15) is 0 Å². The van der Waals surface area contributed by atoms with Gasteiger partial charge < -0.3 is 18.6 Å². The number of para-hydroxylation sites is 2. The summed E-state index contributed by atoms with van der Waals surface area (Å²) in [5.41, 5.74) is 28.0. The average molecular weight is 1310 g/mol. The first-order chi connectivity index (χ1) is 50.4. The van der Waals surface area contributed by atoms with Crippen LogP contribution in [0.5, 0.6) is 0 Å². The van der Waals surface area contributed by atoms with E-state index in [-0.39, 0.29) is 10.8 Å². The highest BCUT2D eigenvalue weighted by atomic mass is 15.2. The van der Waals surface area contributed by atoms with Crippen molar-refractivity contribution in [3.63, 3.8) is 0 Å². The van der Waals surface area contributed by atoms with Gasteiger partial charge in [-0.1, -0.05) is 206 Å². The molecule has 490 valence electrons. The second-order valence-electron chi connectivity index (χ2n) is 32.4. The smallest absolute Gasteiger partial charge is 0.0641 e. The van der Waals surface area contributed by atoms with Crippen LogP contribution in [0.1, 0.15) is 88.2 Å². The van der Waals surface area contributed by atoms with E-state index in [0.29, 0.717) is 0 Å². The van der Waals surface area contributed by atoms with E-state index >= 15 is 0 Å². The van der Waals surface area contributed by atoms with Gasteiger partial charge in [0.1, 0.15) is 0 Å². The van der Waals surface area contributed by atoms with Crippen molar-refractivity contribution in [2.45, 2.75) is 87.9 Å². The Bertz CT molecular complexity index is 5760. The molecule has 4 heterocycles. The van der Waals surface area contributed by atoms with Crippen LogP contribution in [-0.4, -0.2) is 8.80 Å². The van der Waals surface area contributed by atoms with Crippen LogP contribution in [-0.2, 0) is 10.8 Å². The molecule has 0 unspecified atom stereocenters. The third kappa shape index (κ3) is 8.50. The molecule has 0 aliphatic heterocycles. The second-order valence-corrected chi connectivity index (χ2v) is 32.4. The zero-order valence-electron chi connectivity index (χ0n) is 57.5. The lowest BCUT2D eigenvalue weighted by molar-refractivity contribution is -0.00528. The van der Waals surface area contributed by atoms with Crippen molar-refractivity contribution in [1.82, 2.24) is 8.80 Å². The predicted octanol–water partition coefficient (Wildman–Crippen LogP) is 26.5. The molecular formula is C98H78N4. The topological polar surface area (TPSA) is 15.3 Å². The lowest BCUT2D eigenvalue weighted by Gasteiger charge is -2.57. The van der Waals surface area contributed by atoms with E-state index in [1.807, 2.05) is 0 Å². The summed E-state index contributed by atoms with van der Waals surface area (Å²) in [6.07, 6.45) is 16.5. The molecule has 25 rings (SSSR count). The predicted molar refractivity (Wildman–Crippen MR) is 427 cm³/mol. The molecule has 102 heavy (non-hydrogen) atoms. The number of anilines is 6. The standard InChI is InChI=1S/C98H78N4/c1-5-19-67(20-6-1)71-27-17-29-75(49-71)99(87-39-35-73(51-81(87)69-23-9-3-10-24-69)97-55-61-43-62(56-97)45-63(44-61)57-97)89-41-37-77-83-53-92-84(54-91(83)101-85-33-15-13-31-79(85)93(89)95(77)101)78-38-42-90(94-80-32-14-16-34-86(80)102(92)96(78)94)100(76-30-18-28-72(50-76)68-21-7-2-8-22-68)88-40-36-74(52-82(88)70-25-11-4-12-26-70)98-58-64-46-65(59-98)48-66(47-64)60-98/h1-42,49-54,61-66H,43-48,55-60H2. The SMILES string of the molecule is c1ccc(-c2cccc(N(c3ccc(C45CC6CC(CC(C6)C4)C5)cc3-c3ccccc3)c3ccc4c5cc6c(cc5n5c7ccccc7c3c45)c3ccc(N(c4cccc(-c5ccccc5)c4)c4ccc(C57CC8CC(CC(C8)C5)C7)cc4-c4ccccc4)c4c5ccccc5n6c34)c2)cc1. The number of benzene rings is 13. The van der Waals surface area contributed by atoms with Gasteiger partial charge in [0.15, 0.2) is 0 Å². The third-order valence-electron chi connectivity index (χ3n) is 26.6. The lowest BCUT2D eigenvalue weighted by Crippen LogP contribution is -2.48. The number of nitrogens with zero attached hydrogens (tertiary/aromatic N) is 4. The number of hydrogen-bond acceptors (Lipinski definition) is 2. The summed E-state index contributed by atoms with van der Waals surface area (Å²) in [6.45, 7) is 0. The Balaban J connectivity index is 0.750. The van der Waals surface area contributed by atoms with Crippen molar-refractivity contribution in [1.29, 1.82) is 0 Å². The molecule has 0 N–H and O–H groups in total. The number of fused-ring (bicyclic) bond motifs is 12. The summed E-state index contributed by atoms with van der Waals surface area (Å²) in [5.74, 6) is 5.12. The third-order valence-corrected chi connectivity index (χ3v) is 26.6. The number of aromatic nitrogens is 2. The maximum absolute atomic E-state index is 2.65. The average Bonchev–Trinajstić information content (AvgIpc) is 1.50. The maximum Gasteiger partial charge on any atom is 0.0641 e. The van der Waals surface area contributed by atoms with Crippen molar-refractivity contribution in [3.05, 3.63) is 302 Å². The van der Waals surface area contributed by atoms with E-state index < -0.39 is 0 Å². The summed E-state index contributed by atoms with van der Waals surface area (Å²) in [5, 5.41) is 10.1. The van der Waals surface area contributed by atoms with Gasteiger partial charge in [0, 0.05) is 65.6 Å². The summed E-state index contributed by atoms with van der Waals surface area (Å²) >= 11 is 0. The zero-order valence-corrected chi connectivity index (χ0v) is 57.5. The minimum Gasteiger partial charge on any atom is -0.309 e. The molecule has 0 radical (unpaired) electrons. The fraction of sp³-hybridized carbons (Fsp3) is 0.204. The fourth-order valence-electron chi connectivity index (χ4n) is 23.3. The van der Waals surface area contributed by atoms with Crippen LogP contribution in [0.4, 0.5) is 34.1 Å². The maximum atomic E-state index is 2.65. The molecule has 8 aliphatic carbocycles. The van der Waals surface area contributed by atoms with E-state index in [1.54, 1.807) is 11.1 Å². The second kappa shape index (κ2) is 21.8. The van der Waals surface area contributed by atoms with Crippen molar-refractivity contribution in [2.24, 2.45) is 35.5 Å². The Morgan fingerprint density at radius 2 is 0.578 bits per heavy atom. The molecular weight excluding hydrogens is 1230 g/mol. The molecule has 17 aromatic rings. The van der Waals surface area contributed by atoms with Crippen LogP contribution < -0.4 is 9.80 Å². The summed E-state index contributed by atoms with van der Waals surface area (Å²) in [4.78, 5) is 5.27. The molecule has 4 heteroatoms. The highest BCUT2D eigenvalue weighted by Crippen LogP contribution is 2.64. The monoisotopic (exact) mass is 1310 g/mol. The molecule has 0 amide bonds. The molecule has 8 bridgehead atoms. The lowest BCUT2D eigenvalue weighted by atomic mass is 9.48. The quantitative estimate of drug-likeness (QED) is 0.121. The van der Waals surface area contributed by atoms with Crippen LogP contribution in [0.3, 0.4) is 0 Å². The van der Waals surface area contributed by atoms with Crippen LogP contribution in [0, 0.1) is 35.5 Å². The Morgan fingerprint density at radius 3 is 0.961 bits per heavy atom. The summed E-state index contributed by atoms with van der Waals surface area (Å²) < 4.78 is 5.26. The molecule has 8 aliphatic rings. The molecule has 4 aromatic heterocycles. The van der Waals surface area contributed by atoms with Gasteiger partial charge in [-0.25, -0.2) is 0 Å². The van der Waals surface area contributed by atoms with E-state index in [1.165, 1.54) is 220 Å². The minimum absolute atomic E-state index is 0.242. The Kier molecular flexibility index (Phi) is 12.3. The first-order valence-electron chi connectivity index (χ1n) is 38.0. The molecule has 4 nitrogen and oxygen atoms in total. The van der Waals surface area contributed by atoms with E-state index in [0.717, 1.165) is 46.9 Å². The molecule has 8 fully saturated rings. The van der Waals surface area contributed by atoms with Crippen molar-refractivity contribution >= 4 is 110 Å². The first-order valence-corrected chi connectivity index (χ1v) is 38.0. The van der Waals surface area contributed by atoms with Gasteiger partial charge in [-0.3, -0.25) is 0 Å². The van der Waals surface area contributed by atoms with Crippen LogP contribution in [0.2, 0.25) is 0 Å². The van der Waals surface area contributed by atoms with Crippen molar-refractivity contribution in [3.8, 4) is 44.5 Å². The van der Waals surface area contributed by atoms with E-state index in [4.69, 9.17) is 0 Å². The van der Waals surface area contributed by atoms with Crippen LogP contribution >= 0.6 is 0 Å². The summed E-state index contributed by atoms with van der Waals surface area (Å²) in [7, 11) is 0. The number of rotatable bonds is 12. The molecule has 8 saturated carbocycles. The zero-order chi connectivity index (χ0) is 66.5. The van der Waals surface area contributed by atoms with Gasteiger partial charge in [-0.2, -0.15) is 0 Å². The highest BCUT2D eigenvalue weighted by Gasteiger charge is 2.53. The van der Waals surface area contributed by atoms with Gasteiger partial charge in [0.05, 0.1) is 55.8 Å². The molecule has 0 spiro atoms. The van der Waals surface area contributed by atoms with Crippen LogP contribution in [0.25, 0.3) is 121 Å². The fourth-order valence-corrected chi connectivity index (χ4v) is 23.3. The molecule has 0 saturated heterocycles. The van der Waals surface area contributed by atoms with Crippen molar-refractivity contribution in [2.75, 3.05) is 9.80 Å². The van der Waals surface area contributed by atoms with Gasteiger partial charge >= 0.3 is 0 Å². The number of hydrogen-bond donors (Lipinski definition) is 0. The normalized spacial score (nSPS) is 22.7. The van der Waals surface area contributed by atoms with E-state index in [2.05, 4.69) is 310 Å². The largest absolute Gasteiger partial charge is 0.309 e. The van der Waals surface area contributed by atoms with Gasteiger partial charge in [0.25, 0.3) is 0 Å². The Labute approximate surface area is 595 Å².